The summed E-state index contributed by atoms with van der Waals surface area (Å²) in [4.78, 5) is 22.3. The molecule has 0 atom stereocenters. The fourth-order valence-corrected chi connectivity index (χ4v) is 2.41. The lowest BCUT2D eigenvalue weighted by Gasteiger charge is -2.08. The third kappa shape index (κ3) is 4.58. The van der Waals surface area contributed by atoms with E-state index in [2.05, 4.69) is 10.4 Å². The molecule has 1 aromatic carbocycles. The summed E-state index contributed by atoms with van der Waals surface area (Å²) in [6, 6.07) is 5.00. The zero-order chi connectivity index (χ0) is 19.5. The maximum atomic E-state index is 12.6. The number of nitrogens with zero attached hydrogens (tertiary/aromatic N) is 3. The highest BCUT2D eigenvalue weighted by molar-refractivity contribution is 5.94. The Morgan fingerprint density at radius 2 is 2.00 bits per heavy atom. The molecule has 0 aliphatic heterocycles. The Bertz CT molecular complexity index is 831. The summed E-state index contributed by atoms with van der Waals surface area (Å²) in [5, 5.41) is 16.9. The predicted octanol–water partition coefficient (Wildman–Crippen LogP) is 3.25. The van der Waals surface area contributed by atoms with E-state index < -0.39 is 22.7 Å². The van der Waals surface area contributed by atoms with Crippen molar-refractivity contribution in [2.45, 2.75) is 33.0 Å². The average Bonchev–Trinajstić information content (AvgIpc) is 2.92. The molecule has 0 bridgehead atoms. The van der Waals surface area contributed by atoms with Gasteiger partial charge in [0.2, 0.25) is 0 Å². The molecule has 1 heterocycles. The quantitative estimate of drug-likeness (QED) is 0.480. The maximum absolute atomic E-state index is 12.6. The number of hydrogen-bond donors (Lipinski definition) is 1. The monoisotopic (exact) mass is 370 g/mol. The van der Waals surface area contributed by atoms with Gasteiger partial charge >= 0.3 is 6.18 Å². The number of nitro benzene ring substituents is 1. The number of hydrogen-bond acceptors (Lipinski definition) is 4. The van der Waals surface area contributed by atoms with Gasteiger partial charge in [0.05, 0.1) is 4.92 Å². The number of alkyl halides is 3. The van der Waals surface area contributed by atoms with E-state index in [1.54, 1.807) is 0 Å². The van der Waals surface area contributed by atoms with Gasteiger partial charge in [0, 0.05) is 36.0 Å². The molecule has 26 heavy (non-hydrogen) atoms. The van der Waals surface area contributed by atoms with Crippen molar-refractivity contribution in [2.75, 3.05) is 6.54 Å². The first-order valence-corrected chi connectivity index (χ1v) is 7.74. The number of halogens is 3. The summed E-state index contributed by atoms with van der Waals surface area (Å²) in [7, 11) is 0. The van der Waals surface area contributed by atoms with Gasteiger partial charge in [-0.25, -0.2) is 0 Å². The van der Waals surface area contributed by atoms with Gasteiger partial charge in [-0.2, -0.15) is 18.3 Å². The first kappa shape index (κ1) is 19.4. The Balaban J connectivity index is 1.88. The van der Waals surface area contributed by atoms with Gasteiger partial charge in [-0.3, -0.25) is 19.6 Å². The second kappa shape index (κ2) is 7.54. The van der Waals surface area contributed by atoms with Gasteiger partial charge in [-0.1, -0.05) is 0 Å². The van der Waals surface area contributed by atoms with E-state index in [-0.39, 0.29) is 24.3 Å². The van der Waals surface area contributed by atoms with E-state index in [0.717, 1.165) is 6.07 Å². The van der Waals surface area contributed by atoms with Crippen LogP contribution >= 0.6 is 0 Å². The number of aromatic nitrogens is 2. The molecule has 0 radical (unpaired) electrons. The Morgan fingerprint density at radius 3 is 2.54 bits per heavy atom. The summed E-state index contributed by atoms with van der Waals surface area (Å²) in [5.41, 5.74) is 0.0171. The summed E-state index contributed by atoms with van der Waals surface area (Å²) in [5.74, 6) is -0.406. The summed E-state index contributed by atoms with van der Waals surface area (Å²) >= 11 is 0. The lowest BCUT2D eigenvalue weighted by atomic mass is 10.1. The summed E-state index contributed by atoms with van der Waals surface area (Å²) in [6.45, 7) is 3.52. The molecule has 2 rings (SSSR count). The lowest BCUT2D eigenvalue weighted by Crippen LogP contribution is -2.25. The van der Waals surface area contributed by atoms with Gasteiger partial charge in [0.1, 0.15) is 0 Å². The fourth-order valence-electron chi connectivity index (χ4n) is 2.41. The molecule has 2 aromatic rings. The van der Waals surface area contributed by atoms with E-state index in [9.17, 15) is 28.1 Å². The van der Waals surface area contributed by atoms with Crippen LogP contribution in [0.1, 0.15) is 33.7 Å². The van der Waals surface area contributed by atoms with Gasteiger partial charge in [0.15, 0.2) is 5.69 Å². The van der Waals surface area contributed by atoms with Gasteiger partial charge < -0.3 is 5.32 Å². The number of rotatable bonds is 6. The van der Waals surface area contributed by atoms with E-state index in [4.69, 9.17) is 0 Å². The highest BCUT2D eigenvalue weighted by Crippen LogP contribution is 2.28. The van der Waals surface area contributed by atoms with Crippen molar-refractivity contribution in [1.82, 2.24) is 15.1 Å². The Labute approximate surface area is 147 Å². The molecule has 1 N–H and O–H groups in total. The van der Waals surface area contributed by atoms with Crippen molar-refractivity contribution in [3.8, 4) is 0 Å². The minimum atomic E-state index is -4.49. The fraction of sp³-hybridized carbons (Fsp3) is 0.375. The molecule has 0 aliphatic carbocycles. The van der Waals surface area contributed by atoms with Crippen molar-refractivity contribution in [3.05, 3.63) is 56.9 Å². The molecule has 1 aromatic heterocycles. The molecular formula is C16H17F3N4O3. The molecule has 0 saturated carbocycles. The van der Waals surface area contributed by atoms with Crippen LogP contribution in [0.5, 0.6) is 0 Å². The Morgan fingerprint density at radius 1 is 1.31 bits per heavy atom. The second-order valence-electron chi connectivity index (χ2n) is 5.76. The molecule has 140 valence electrons. The number of benzene rings is 1. The molecule has 10 heteroatoms. The standard InChI is InChI=1S/C16H17F3N4O3/c1-10-8-12(4-5-13(10)23(25)26)15(24)20-6-3-7-22-11(2)9-14(21-22)16(17,18)19/h4-5,8-9H,3,6-7H2,1-2H3,(H,20,24). The Kier molecular flexibility index (Phi) is 5.63. The van der Waals surface area contributed by atoms with Gasteiger partial charge in [-0.05, 0) is 38.5 Å². The number of carbonyl (C=O) groups excluding carboxylic acids is 1. The van der Waals surface area contributed by atoms with Crippen LogP contribution in [0.3, 0.4) is 0 Å². The highest BCUT2D eigenvalue weighted by atomic mass is 19.4. The molecule has 0 spiro atoms. The van der Waals surface area contributed by atoms with Crippen LogP contribution in [0.25, 0.3) is 0 Å². The molecule has 0 fully saturated rings. The Hall–Kier alpha value is -2.91. The summed E-state index contributed by atoms with van der Waals surface area (Å²) < 4.78 is 39.0. The topological polar surface area (TPSA) is 90.1 Å². The van der Waals surface area contributed by atoms with Gasteiger partial charge in [-0.15, -0.1) is 0 Å². The van der Waals surface area contributed by atoms with E-state index in [1.807, 2.05) is 0 Å². The first-order chi connectivity index (χ1) is 12.1. The predicted molar refractivity (Wildman–Crippen MR) is 86.7 cm³/mol. The van der Waals surface area contributed by atoms with Crippen molar-refractivity contribution in [2.24, 2.45) is 0 Å². The van der Waals surface area contributed by atoms with Crippen molar-refractivity contribution in [1.29, 1.82) is 0 Å². The SMILES string of the molecule is Cc1cc(C(=O)NCCCn2nc(C(F)(F)F)cc2C)ccc1[N+](=O)[O-]. The molecule has 0 aliphatic rings. The normalized spacial score (nSPS) is 11.4. The zero-order valence-corrected chi connectivity index (χ0v) is 14.1. The molecule has 0 saturated heterocycles. The van der Waals surface area contributed by atoms with Crippen LogP contribution in [-0.4, -0.2) is 27.2 Å². The second-order valence-corrected chi connectivity index (χ2v) is 5.76. The minimum Gasteiger partial charge on any atom is -0.352 e. The molecular weight excluding hydrogens is 353 g/mol. The van der Waals surface area contributed by atoms with Crippen molar-refractivity contribution >= 4 is 11.6 Å². The number of nitro groups is 1. The first-order valence-electron chi connectivity index (χ1n) is 7.74. The summed E-state index contributed by atoms with van der Waals surface area (Å²) in [6.07, 6.45) is -4.10. The van der Waals surface area contributed by atoms with Crippen LogP contribution < -0.4 is 5.32 Å². The minimum absolute atomic E-state index is 0.0730. The van der Waals surface area contributed by atoms with E-state index >= 15 is 0 Å². The van der Waals surface area contributed by atoms with E-state index in [1.165, 1.54) is 36.7 Å². The maximum Gasteiger partial charge on any atom is 0.435 e. The number of amides is 1. The highest BCUT2D eigenvalue weighted by Gasteiger charge is 2.34. The smallest absolute Gasteiger partial charge is 0.352 e. The van der Waals surface area contributed by atoms with Crippen LogP contribution in [0, 0.1) is 24.0 Å². The average molecular weight is 370 g/mol. The zero-order valence-electron chi connectivity index (χ0n) is 14.1. The molecule has 0 unspecified atom stereocenters. The van der Waals surface area contributed by atoms with Crippen LogP contribution in [0.15, 0.2) is 24.3 Å². The van der Waals surface area contributed by atoms with Crippen LogP contribution in [0.4, 0.5) is 18.9 Å². The molecule has 1 amide bonds. The largest absolute Gasteiger partial charge is 0.435 e. The number of carbonyl (C=O) groups is 1. The van der Waals surface area contributed by atoms with Crippen LogP contribution in [0.2, 0.25) is 0 Å². The number of nitrogens with one attached hydrogen (secondary N) is 1. The molecule has 7 nitrogen and oxygen atoms in total. The third-order valence-corrected chi connectivity index (χ3v) is 3.76. The lowest BCUT2D eigenvalue weighted by molar-refractivity contribution is -0.385. The van der Waals surface area contributed by atoms with E-state index in [0.29, 0.717) is 17.7 Å². The van der Waals surface area contributed by atoms with Crippen LogP contribution in [-0.2, 0) is 12.7 Å². The number of aryl methyl sites for hydroxylation is 3. The van der Waals surface area contributed by atoms with Gasteiger partial charge in [0.25, 0.3) is 11.6 Å². The van der Waals surface area contributed by atoms with Crippen molar-refractivity contribution < 1.29 is 22.9 Å². The third-order valence-electron chi connectivity index (χ3n) is 3.76. The van der Waals surface area contributed by atoms with Crippen molar-refractivity contribution in [3.63, 3.8) is 0 Å².